The predicted molar refractivity (Wildman–Crippen MR) is 53.1 cm³/mol. The summed E-state index contributed by atoms with van der Waals surface area (Å²) >= 11 is 1.37. The highest BCUT2D eigenvalue weighted by Crippen LogP contribution is 2.43. The average Bonchev–Trinajstić information content (AvgIpc) is 2.49. The molecule has 0 radical (unpaired) electrons. The van der Waals surface area contributed by atoms with Crippen molar-refractivity contribution in [2.75, 3.05) is 5.75 Å². The van der Waals surface area contributed by atoms with Crippen molar-refractivity contribution >= 4 is 21.6 Å². The summed E-state index contributed by atoms with van der Waals surface area (Å²) in [6, 6.07) is 0. The number of hydrogen-bond donors (Lipinski definition) is 1. The molecule has 0 aromatic rings. The molecule has 0 amide bonds. The van der Waals surface area contributed by atoms with Gasteiger partial charge in [-0.05, 0) is 25.3 Å². The largest absolute Gasteiger partial charge is 0.389 e. The third kappa shape index (κ3) is 1.33. The molecule has 0 unspecified atom stereocenters. The van der Waals surface area contributed by atoms with E-state index in [0.717, 1.165) is 17.7 Å². The van der Waals surface area contributed by atoms with E-state index in [1.807, 2.05) is 0 Å². The van der Waals surface area contributed by atoms with E-state index in [2.05, 4.69) is 0 Å². The molecule has 2 heterocycles. The Morgan fingerprint density at radius 3 is 2.92 bits per heavy atom. The fourth-order valence-electron chi connectivity index (χ4n) is 1.78. The second-order valence-electron chi connectivity index (χ2n) is 3.52. The molecule has 2 atom stereocenters. The third-order valence-corrected chi connectivity index (χ3v) is 6.63. The van der Waals surface area contributed by atoms with E-state index in [1.165, 1.54) is 11.8 Å². The van der Waals surface area contributed by atoms with Gasteiger partial charge < -0.3 is 5.11 Å². The summed E-state index contributed by atoms with van der Waals surface area (Å²) in [5.41, 5.74) is 0.753. The van der Waals surface area contributed by atoms with Crippen molar-refractivity contribution in [3.8, 4) is 0 Å². The Balaban J connectivity index is 2.53. The van der Waals surface area contributed by atoms with Crippen molar-refractivity contribution in [2.24, 2.45) is 0 Å². The van der Waals surface area contributed by atoms with E-state index in [1.54, 1.807) is 6.92 Å². The smallest absolute Gasteiger partial charge is 0.187 e. The van der Waals surface area contributed by atoms with Crippen LogP contribution in [0.25, 0.3) is 0 Å². The number of aliphatic hydroxyl groups excluding tert-OH is 1. The van der Waals surface area contributed by atoms with Crippen LogP contribution in [0.3, 0.4) is 0 Å². The normalized spacial score (nSPS) is 37.7. The minimum absolute atomic E-state index is 0.363. The van der Waals surface area contributed by atoms with Gasteiger partial charge in [0.2, 0.25) is 0 Å². The number of hydrogen-bond acceptors (Lipinski definition) is 4. The zero-order chi connectivity index (χ0) is 9.64. The monoisotopic (exact) mass is 220 g/mol. The second kappa shape index (κ2) is 3.00. The molecular formula is C8H12O3S2. The molecule has 2 aliphatic heterocycles. The van der Waals surface area contributed by atoms with Crippen LogP contribution in [0.15, 0.2) is 9.81 Å². The van der Waals surface area contributed by atoms with Crippen LogP contribution in [-0.2, 0) is 9.84 Å². The highest BCUT2D eigenvalue weighted by atomic mass is 32.3. The van der Waals surface area contributed by atoms with Gasteiger partial charge in [0, 0.05) is 5.75 Å². The van der Waals surface area contributed by atoms with Crippen LogP contribution in [0.1, 0.15) is 19.8 Å². The van der Waals surface area contributed by atoms with Crippen LogP contribution in [-0.4, -0.2) is 30.6 Å². The van der Waals surface area contributed by atoms with Crippen molar-refractivity contribution in [1.82, 2.24) is 0 Å². The lowest BCUT2D eigenvalue weighted by Crippen LogP contribution is -2.30. The van der Waals surface area contributed by atoms with E-state index in [-0.39, 0.29) is 0 Å². The topological polar surface area (TPSA) is 54.4 Å². The number of sulfone groups is 1. The average molecular weight is 220 g/mol. The van der Waals surface area contributed by atoms with Crippen LogP contribution in [0.2, 0.25) is 0 Å². The first-order valence-electron chi connectivity index (χ1n) is 4.31. The molecule has 2 aliphatic rings. The van der Waals surface area contributed by atoms with Crippen molar-refractivity contribution in [2.45, 2.75) is 31.1 Å². The van der Waals surface area contributed by atoms with Crippen LogP contribution in [0.5, 0.6) is 0 Å². The summed E-state index contributed by atoms with van der Waals surface area (Å²) in [6.45, 7) is 1.67. The first-order valence-corrected chi connectivity index (χ1v) is 6.84. The number of rotatable bonds is 0. The maximum absolute atomic E-state index is 11.8. The Morgan fingerprint density at radius 2 is 2.23 bits per heavy atom. The summed E-state index contributed by atoms with van der Waals surface area (Å²) in [4.78, 5) is 0. The molecule has 0 bridgehead atoms. The van der Waals surface area contributed by atoms with Gasteiger partial charge in [-0.15, -0.1) is 11.8 Å². The first-order chi connectivity index (χ1) is 6.03. The molecule has 0 spiro atoms. The molecule has 1 N–H and O–H groups in total. The summed E-state index contributed by atoms with van der Waals surface area (Å²) in [5, 5.41) is 9.22. The van der Waals surface area contributed by atoms with Gasteiger partial charge in [-0.3, -0.25) is 0 Å². The van der Waals surface area contributed by atoms with Crippen LogP contribution in [0, 0.1) is 0 Å². The van der Waals surface area contributed by atoms with Crippen LogP contribution in [0.4, 0.5) is 0 Å². The van der Waals surface area contributed by atoms with Gasteiger partial charge >= 0.3 is 0 Å². The fourth-order valence-corrected chi connectivity index (χ4v) is 5.52. The Bertz CT molecular complexity index is 356. The van der Waals surface area contributed by atoms with E-state index in [9.17, 15) is 13.5 Å². The molecule has 5 heteroatoms. The minimum atomic E-state index is -3.09. The lowest BCUT2D eigenvalue weighted by Gasteiger charge is -2.24. The van der Waals surface area contributed by atoms with Gasteiger partial charge in [0.15, 0.2) is 9.84 Å². The quantitative estimate of drug-likeness (QED) is 0.659. The summed E-state index contributed by atoms with van der Waals surface area (Å²) in [6.07, 6.45) is 0.568. The Hall–Kier alpha value is -0.000000000000000111. The molecule has 2 rings (SSSR count). The van der Waals surface area contributed by atoms with E-state index < -0.39 is 21.2 Å². The SMILES string of the molecule is C[C@H]1C[C@@H](O)C2=C(SCC2)S1(=O)=O. The highest BCUT2D eigenvalue weighted by molar-refractivity contribution is 8.19. The third-order valence-electron chi connectivity index (χ3n) is 2.61. The van der Waals surface area contributed by atoms with Gasteiger partial charge in [-0.1, -0.05) is 0 Å². The highest BCUT2D eigenvalue weighted by Gasteiger charge is 2.40. The molecule has 0 fully saturated rings. The van der Waals surface area contributed by atoms with Gasteiger partial charge in [0.05, 0.1) is 11.4 Å². The van der Waals surface area contributed by atoms with E-state index >= 15 is 0 Å². The molecule has 0 saturated carbocycles. The standard InChI is InChI=1S/C8H12O3S2/c1-5-4-7(9)6-2-3-12-8(6)13(5,10)11/h5,7,9H,2-4H2,1H3/t5-,7+/m0/s1. The van der Waals surface area contributed by atoms with Crippen molar-refractivity contribution < 1.29 is 13.5 Å². The molecule has 74 valence electrons. The van der Waals surface area contributed by atoms with E-state index in [0.29, 0.717) is 10.7 Å². The molecule has 0 aliphatic carbocycles. The number of thioether (sulfide) groups is 1. The summed E-state index contributed by atoms with van der Waals surface area (Å²) < 4.78 is 24.0. The minimum Gasteiger partial charge on any atom is -0.389 e. The van der Waals surface area contributed by atoms with Gasteiger partial charge in [-0.2, -0.15) is 0 Å². The predicted octanol–water partition coefficient (Wildman–Crippen LogP) is 0.903. The van der Waals surface area contributed by atoms with Crippen LogP contribution < -0.4 is 0 Å². The number of aliphatic hydroxyl groups is 1. The summed E-state index contributed by atoms with van der Waals surface area (Å²) in [7, 11) is -3.09. The molecule has 13 heavy (non-hydrogen) atoms. The molecular weight excluding hydrogens is 208 g/mol. The molecule has 0 saturated heterocycles. The maximum Gasteiger partial charge on any atom is 0.187 e. The summed E-state index contributed by atoms with van der Waals surface area (Å²) in [5.74, 6) is 0.799. The van der Waals surface area contributed by atoms with Crippen molar-refractivity contribution in [3.63, 3.8) is 0 Å². The van der Waals surface area contributed by atoms with Gasteiger partial charge in [0.1, 0.15) is 4.24 Å². The van der Waals surface area contributed by atoms with Gasteiger partial charge in [-0.25, -0.2) is 8.42 Å². The first kappa shape index (κ1) is 9.55. The molecule has 0 aromatic carbocycles. The lowest BCUT2D eigenvalue weighted by molar-refractivity contribution is 0.195. The lowest BCUT2D eigenvalue weighted by atomic mass is 10.0. The Kier molecular flexibility index (Phi) is 2.20. The van der Waals surface area contributed by atoms with Crippen molar-refractivity contribution in [1.29, 1.82) is 0 Å². The Labute approximate surface area is 82.1 Å². The van der Waals surface area contributed by atoms with Crippen LogP contribution >= 0.6 is 11.8 Å². The fraction of sp³-hybridized carbons (Fsp3) is 0.750. The van der Waals surface area contributed by atoms with E-state index in [4.69, 9.17) is 0 Å². The van der Waals surface area contributed by atoms with Crippen molar-refractivity contribution in [3.05, 3.63) is 9.81 Å². The zero-order valence-electron chi connectivity index (χ0n) is 7.36. The molecule has 0 aromatic heterocycles. The van der Waals surface area contributed by atoms with Gasteiger partial charge in [0.25, 0.3) is 0 Å². The maximum atomic E-state index is 11.8. The Morgan fingerprint density at radius 1 is 1.54 bits per heavy atom. The second-order valence-corrected chi connectivity index (χ2v) is 7.18. The zero-order valence-corrected chi connectivity index (χ0v) is 8.99. The molecule has 3 nitrogen and oxygen atoms in total.